The molecule has 0 radical (unpaired) electrons. The van der Waals surface area contributed by atoms with Gasteiger partial charge < -0.3 is 25.4 Å². The Kier molecular flexibility index (Phi) is 11.8. The number of hydrogen-bond acceptors (Lipinski definition) is 8. The van der Waals surface area contributed by atoms with Crippen LogP contribution in [0.25, 0.3) is 17.3 Å². The normalized spacial score (nSPS) is 11.0. The lowest BCUT2D eigenvalue weighted by Gasteiger charge is -2.13. The minimum atomic E-state index is -0.548. The van der Waals surface area contributed by atoms with Crippen LogP contribution >= 0.6 is 46.3 Å². The molecular weight excluding hydrogens is 691 g/mol. The number of methoxy groups -OCH3 is 2. The monoisotopic (exact) mass is 718 g/mol. The van der Waals surface area contributed by atoms with Crippen LogP contribution in [0.3, 0.4) is 0 Å². The van der Waals surface area contributed by atoms with E-state index in [1.54, 1.807) is 84.9 Å². The molecule has 3 amide bonds. The highest BCUT2D eigenvalue weighted by atomic mass is 35.5. The topological polar surface area (TPSA) is 119 Å². The lowest BCUT2D eigenvalue weighted by atomic mass is 10.1. The molecule has 0 aliphatic heterocycles. The van der Waals surface area contributed by atoms with E-state index in [-0.39, 0.29) is 17.4 Å². The van der Waals surface area contributed by atoms with Crippen molar-refractivity contribution in [1.29, 1.82) is 0 Å². The van der Waals surface area contributed by atoms with Crippen molar-refractivity contribution in [3.05, 3.63) is 123 Å². The van der Waals surface area contributed by atoms with Crippen LogP contribution in [0.2, 0.25) is 10.0 Å². The van der Waals surface area contributed by atoms with E-state index >= 15 is 0 Å². The molecule has 1 heterocycles. The highest BCUT2D eigenvalue weighted by Gasteiger charge is 2.17. The number of carbonyl (C=O) groups is 3. The zero-order valence-corrected chi connectivity index (χ0v) is 28.7. The van der Waals surface area contributed by atoms with Crippen molar-refractivity contribution < 1.29 is 23.9 Å². The molecule has 0 fully saturated rings. The van der Waals surface area contributed by atoms with Gasteiger partial charge in [0.05, 0.1) is 35.7 Å². The third-order valence-corrected chi connectivity index (χ3v) is 9.22. The molecular formula is C35H28Cl2N4O5S2. The number of nitrogens with zero attached hydrogens (tertiary/aromatic N) is 1. The summed E-state index contributed by atoms with van der Waals surface area (Å²) < 4.78 is 10.8. The molecule has 0 aliphatic rings. The van der Waals surface area contributed by atoms with Gasteiger partial charge in [0.2, 0.25) is 5.91 Å². The van der Waals surface area contributed by atoms with E-state index in [2.05, 4.69) is 20.9 Å². The predicted octanol–water partition coefficient (Wildman–Crippen LogP) is 8.27. The van der Waals surface area contributed by atoms with E-state index in [1.165, 1.54) is 43.4 Å². The summed E-state index contributed by atoms with van der Waals surface area (Å²) in [4.78, 5) is 44.4. The number of carbonyl (C=O) groups excluding carboxylic acids is 3. The average Bonchev–Trinajstić information content (AvgIpc) is 3.57. The Balaban J connectivity index is 1.22. The number of halogens is 2. The summed E-state index contributed by atoms with van der Waals surface area (Å²) in [5.74, 6) is -0.0298. The van der Waals surface area contributed by atoms with Gasteiger partial charge in [0.25, 0.3) is 11.8 Å². The van der Waals surface area contributed by atoms with Gasteiger partial charge in [-0.15, -0.1) is 23.1 Å². The average molecular weight is 720 g/mol. The standard InChI is InChI=1S/C35H28Cl2N4O5S2/c1-45-25-11-15-31(46-2)23(16-25)18-29(39-33(43)21-6-4-3-5-7-21)34(44)38-24-9-12-26(13-10-24)47-20-32(42)41-35-40-30(19-48-35)22-8-14-27(36)28(37)17-22/h3-19H,20H2,1-2H3,(H,38,44)(H,39,43)(H,40,41,42)/b29-18-. The van der Waals surface area contributed by atoms with E-state index < -0.39 is 11.8 Å². The van der Waals surface area contributed by atoms with Crippen molar-refractivity contribution in [3.8, 4) is 22.8 Å². The number of rotatable bonds is 12. The fraction of sp³-hybridized carbons (Fsp3) is 0.0857. The van der Waals surface area contributed by atoms with Crippen LogP contribution in [-0.2, 0) is 9.59 Å². The van der Waals surface area contributed by atoms with Crippen LogP contribution in [-0.4, -0.2) is 42.7 Å². The highest BCUT2D eigenvalue weighted by molar-refractivity contribution is 8.00. The minimum Gasteiger partial charge on any atom is -0.497 e. The van der Waals surface area contributed by atoms with Gasteiger partial charge in [0.15, 0.2) is 5.13 Å². The quantitative estimate of drug-likeness (QED) is 0.0878. The minimum absolute atomic E-state index is 0.00460. The number of benzene rings is 4. The molecule has 244 valence electrons. The molecule has 0 bridgehead atoms. The molecule has 0 saturated carbocycles. The first-order chi connectivity index (χ1) is 23.2. The molecule has 13 heteroatoms. The van der Waals surface area contributed by atoms with Crippen molar-refractivity contribution in [2.75, 3.05) is 30.6 Å². The number of hydrogen-bond donors (Lipinski definition) is 3. The third kappa shape index (κ3) is 9.17. The second-order valence-corrected chi connectivity index (χ2v) is 12.7. The van der Waals surface area contributed by atoms with Crippen LogP contribution in [0.1, 0.15) is 15.9 Å². The highest BCUT2D eigenvalue weighted by Crippen LogP contribution is 2.31. The largest absolute Gasteiger partial charge is 0.497 e. The van der Waals surface area contributed by atoms with Gasteiger partial charge >= 0.3 is 0 Å². The lowest BCUT2D eigenvalue weighted by Crippen LogP contribution is -2.30. The zero-order valence-electron chi connectivity index (χ0n) is 25.6. The maximum Gasteiger partial charge on any atom is 0.272 e. The Morgan fingerprint density at radius 2 is 1.65 bits per heavy atom. The summed E-state index contributed by atoms with van der Waals surface area (Å²) in [6, 6.07) is 26.0. The Morgan fingerprint density at radius 1 is 0.875 bits per heavy atom. The van der Waals surface area contributed by atoms with Crippen LogP contribution < -0.4 is 25.4 Å². The van der Waals surface area contributed by atoms with Gasteiger partial charge in [0.1, 0.15) is 17.2 Å². The molecule has 0 unspecified atom stereocenters. The molecule has 5 rings (SSSR count). The number of ether oxygens (including phenoxy) is 2. The number of thioether (sulfide) groups is 1. The maximum absolute atomic E-state index is 13.5. The van der Waals surface area contributed by atoms with Crippen LogP contribution in [0, 0.1) is 0 Å². The van der Waals surface area contributed by atoms with Gasteiger partial charge in [-0.25, -0.2) is 4.98 Å². The Labute approximate surface area is 295 Å². The van der Waals surface area contributed by atoms with Gasteiger partial charge in [-0.2, -0.15) is 0 Å². The molecule has 48 heavy (non-hydrogen) atoms. The van der Waals surface area contributed by atoms with Crippen LogP contribution in [0.4, 0.5) is 10.8 Å². The summed E-state index contributed by atoms with van der Waals surface area (Å²) in [7, 11) is 3.05. The molecule has 4 aromatic carbocycles. The van der Waals surface area contributed by atoms with E-state index in [4.69, 9.17) is 32.7 Å². The summed E-state index contributed by atoms with van der Waals surface area (Å²) in [5, 5.41) is 11.5. The molecule has 1 aromatic heterocycles. The van der Waals surface area contributed by atoms with Crippen molar-refractivity contribution in [3.63, 3.8) is 0 Å². The smallest absolute Gasteiger partial charge is 0.272 e. The van der Waals surface area contributed by atoms with Gasteiger partial charge in [0, 0.05) is 32.7 Å². The first-order valence-electron chi connectivity index (χ1n) is 14.3. The Bertz CT molecular complexity index is 1970. The van der Waals surface area contributed by atoms with Crippen molar-refractivity contribution in [2.24, 2.45) is 0 Å². The molecule has 3 N–H and O–H groups in total. The second-order valence-electron chi connectivity index (χ2n) is 9.97. The fourth-order valence-corrected chi connectivity index (χ4v) is 6.04. The lowest BCUT2D eigenvalue weighted by molar-refractivity contribution is -0.114. The predicted molar refractivity (Wildman–Crippen MR) is 193 cm³/mol. The molecule has 0 saturated heterocycles. The van der Waals surface area contributed by atoms with Gasteiger partial charge in [-0.1, -0.05) is 47.5 Å². The van der Waals surface area contributed by atoms with E-state index in [1.807, 2.05) is 11.4 Å². The number of nitrogens with one attached hydrogen (secondary N) is 3. The van der Waals surface area contributed by atoms with Crippen molar-refractivity contribution in [1.82, 2.24) is 10.3 Å². The van der Waals surface area contributed by atoms with E-state index in [0.717, 1.165) is 10.5 Å². The summed E-state index contributed by atoms with van der Waals surface area (Å²) in [6.45, 7) is 0. The van der Waals surface area contributed by atoms with Gasteiger partial charge in [-0.3, -0.25) is 14.4 Å². The maximum atomic E-state index is 13.5. The Hall–Kier alpha value is -4.81. The molecule has 9 nitrogen and oxygen atoms in total. The Morgan fingerprint density at radius 3 is 2.35 bits per heavy atom. The first-order valence-corrected chi connectivity index (χ1v) is 16.9. The number of amides is 3. The van der Waals surface area contributed by atoms with Crippen molar-refractivity contribution >= 4 is 80.9 Å². The molecule has 0 spiro atoms. The summed E-state index contributed by atoms with van der Waals surface area (Å²) >= 11 is 14.8. The molecule has 0 atom stereocenters. The first kappa shape index (κ1) is 34.5. The van der Waals surface area contributed by atoms with Gasteiger partial charge in [-0.05, 0) is 72.8 Å². The molecule has 5 aromatic rings. The third-order valence-electron chi connectivity index (χ3n) is 6.71. The number of thiazole rings is 1. The summed E-state index contributed by atoms with van der Waals surface area (Å²) in [5.41, 5.74) is 2.88. The van der Waals surface area contributed by atoms with E-state index in [0.29, 0.717) is 49.2 Å². The van der Waals surface area contributed by atoms with Crippen LogP contribution in [0.5, 0.6) is 11.5 Å². The zero-order chi connectivity index (χ0) is 34.0. The van der Waals surface area contributed by atoms with Crippen molar-refractivity contribution in [2.45, 2.75) is 4.90 Å². The summed E-state index contributed by atoms with van der Waals surface area (Å²) in [6.07, 6.45) is 1.52. The second kappa shape index (κ2) is 16.3. The molecule has 0 aliphatic carbocycles. The number of anilines is 2. The SMILES string of the molecule is COc1ccc(OC)c(/C=C(\NC(=O)c2ccccc2)C(=O)Nc2ccc(SCC(=O)Nc3nc(-c4ccc(Cl)c(Cl)c4)cs3)cc2)c1. The van der Waals surface area contributed by atoms with Crippen LogP contribution in [0.15, 0.2) is 107 Å². The fourth-order valence-electron chi connectivity index (χ4n) is 4.31. The number of aromatic nitrogens is 1. The van der Waals surface area contributed by atoms with E-state index in [9.17, 15) is 14.4 Å².